The number of hydrogen-bond donors (Lipinski definition) is 5. The van der Waals surface area contributed by atoms with Gasteiger partial charge in [0.25, 0.3) is 0 Å². The third-order valence-electron chi connectivity index (χ3n) is 7.36. The second kappa shape index (κ2) is 18.0. The molecule has 12 nitrogen and oxygen atoms in total. The van der Waals surface area contributed by atoms with Crippen LogP contribution in [0.25, 0.3) is 0 Å². The predicted molar refractivity (Wildman–Crippen MR) is 186 cm³/mol. The molecule has 4 rings (SSSR count). The third kappa shape index (κ3) is 11.9. The second-order valence-corrected chi connectivity index (χ2v) is 13.8. The molecule has 4 aromatic rings. The van der Waals surface area contributed by atoms with E-state index >= 15 is 0 Å². The fraction of sp³-hybridized carbons (Fsp3) is 0.265. The maximum absolute atomic E-state index is 14.8. The molecule has 2 amide bonds. The van der Waals surface area contributed by atoms with Crippen LogP contribution in [0, 0.1) is 5.82 Å². The number of halogens is 1. The number of amides is 2. The van der Waals surface area contributed by atoms with Gasteiger partial charge in [0.15, 0.2) is 11.0 Å². The quantitative estimate of drug-likeness (QED) is 0.0450. The maximum atomic E-state index is 14.8. The summed E-state index contributed by atoms with van der Waals surface area (Å²) in [5.74, 6) is -3.16. The van der Waals surface area contributed by atoms with Crippen LogP contribution in [0.15, 0.2) is 101 Å². The van der Waals surface area contributed by atoms with E-state index in [1.807, 2.05) is 0 Å². The zero-order valence-electron chi connectivity index (χ0n) is 26.5. The summed E-state index contributed by atoms with van der Waals surface area (Å²) in [5.41, 5.74) is 12.1. The van der Waals surface area contributed by atoms with Gasteiger partial charge in [-0.1, -0.05) is 78.9 Å². The van der Waals surface area contributed by atoms with Crippen LogP contribution in [0.4, 0.5) is 4.39 Å². The number of ketones is 1. The van der Waals surface area contributed by atoms with Gasteiger partial charge in [0, 0.05) is 24.5 Å². The Bertz CT molecular complexity index is 1820. The number of nitrogens with two attached hydrogens (primary N) is 2. The van der Waals surface area contributed by atoms with E-state index in [2.05, 4.69) is 25.3 Å². The van der Waals surface area contributed by atoms with Gasteiger partial charge in [0.1, 0.15) is 17.9 Å². The molecule has 1 aromatic heterocycles. The molecule has 0 spiro atoms. The number of aromatic nitrogens is 1. The minimum Gasteiger partial charge on any atom is -0.370 e. The Morgan fingerprint density at radius 1 is 0.816 bits per heavy atom. The van der Waals surface area contributed by atoms with Gasteiger partial charge in [-0.05, 0) is 42.0 Å². The number of Topliss-reactive ketones (excluding diaryl/α,β-unsaturated/α-hetero) is 1. The van der Waals surface area contributed by atoms with Crippen LogP contribution in [0.2, 0.25) is 0 Å². The van der Waals surface area contributed by atoms with Crippen LogP contribution in [0.1, 0.15) is 39.3 Å². The highest BCUT2D eigenvalue weighted by molar-refractivity contribution is 7.88. The van der Waals surface area contributed by atoms with Crippen molar-refractivity contribution in [3.8, 4) is 0 Å². The fourth-order valence-electron chi connectivity index (χ4n) is 4.99. The number of nitrogens with zero attached hydrogens (tertiary/aromatic N) is 2. The molecule has 3 aromatic carbocycles. The van der Waals surface area contributed by atoms with Crippen molar-refractivity contribution in [1.29, 1.82) is 0 Å². The Kier molecular flexibility index (Phi) is 13.5. The van der Waals surface area contributed by atoms with Crippen LogP contribution in [-0.2, 0) is 38.2 Å². The molecule has 0 radical (unpaired) electrons. The third-order valence-corrected chi connectivity index (χ3v) is 9.50. The van der Waals surface area contributed by atoms with E-state index in [0.29, 0.717) is 17.5 Å². The first-order valence-corrected chi connectivity index (χ1v) is 17.9. The number of guanidine groups is 1. The summed E-state index contributed by atoms with van der Waals surface area (Å²) in [7, 11) is -4.05. The molecule has 0 fully saturated rings. The van der Waals surface area contributed by atoms with Crippen molar-refractivity contribution >= 4 is 44.9 Å². The molecule has 1 heterocycles. The van der Waals surface area contributed by atoms with Crippen molar-refractivity contribution in [2.45, 2.75) is 49.6 Å². The van der Waals surface area contributed by atoms with Crippen LogP contribution in [-0.4, -0.2) is 61.6 Å². The lowest BCUT2D eigenvalue weighted by atomic mass is 10.0. The minimum atomic E-state index is -4.05. The number of benzene rings is 3. The van der Waals surface area contributed by atoms with Crippen LogP contribution in [0.3, 0.4) is 0 Å². The lowest BCUT2D eigenvalue weighted by molar-refractivity contribution is -0.130. The summed E-state index contributed by atoms with van der Waals surface area (Å²) in [5, 5.41) is 7.12. The Morgan fingerprint density at radius 3 is 2.06 bits per heavy atom. The number of carbonyl (C=O) groups excluding carboxylic acids is 3. The zero-order chi connectivity index (χ0) is 35.2. The molecule has 49 heavy (non-hydrogen) atoms. The summed E-state index contributed by atoms with van der Waals surface area (Å²) >= 11 is 1.10. The monoisotopic (exact) mass is 707 g/mol. The molecule has 0 aliphatic carbocycles. The summed E-state index contributed by atoms with van der Waals surface area (Å²) < 4.78 is 43.9. The van der Waals surface area contributed by atoms with Gasteiger partial charge in [-0.3, -0.25) is 19.4 Å². The van der Waals surface area contributed by atoms with Gasteiger partial charge in [-0.25, -0.2) is 22.5 Å². The topological polar surface area (TPSA) is 199 Å². The van der Waals surface area contributed by atoms with E-state index in [9.17, 15) is 27.2 Å². The Balaban J connectivity index is 1.61. The van der Waals surface area contributed by atoms with Gasteiger partial charge in [-0.2, -0.15) is 0 Å². The highest BCUT2D eigenvalue weighted by Crippen LogP contribution is 2.15. The molecule has 0 aliphatic heterocycles. The molecule has 7 N–H and O–H groups in total. The van der Waals surface area contributed by atoms with Gasteiger partial charge < -0.3 is 22.1 Å². The average molecular weight is 708 g/mol. The Morgan fingerprint density at radius 2 is 1.43 bits per heavy atom. The van der Waals surface area contributed by atoms with Crippen molar-refractivity contribution in [2.75, 3.05) is 6.54 Å². The first kappa shape index (κ1) is 36.8. The molecule has 0 aliphatic rings. The smallest absolute Gasteiger partial charge is 0.243 e. The Hall–Kier alpha value is -4.99. The Labute approximate surface area is 288 Å². The lowest BCUT2D eigenvalue weighted by Gasteiger charge is -2.25. The number of aliphatic imine (C=N–C) groups is 1. The SMILES string of the molecule is NC(N)=NCCCC(NC(=O)C(Cc1ccccc1F)NC(=O)C(Cc1ccccc1)NS(=O)(=O)Cc1ccccc1)C(=O)c1nccs1. The van der Waals surface area contributed by atoms with E-state index in [1.54, 1.807) is 72.1 Å². The molecule has 3 unspecified atom stereocenters. The van der Waals surface area contributed by atoms with Gasteiger partial charge in [0.2, 0.25) is 27.6 Å². The van der Waals surface area contributed by atoms with Crippen LogP contribution < -0.4 is 26.8 Å². The molecule has 3 atom stereocenters. The number of thiazole rings is 1. The van der Waals surface area contributed by atoms with Crippen molar-refractivity contribution in [2.24, 2.45) is 16.5 Å². The van der Waals surface area contributed by atoms with Gasteiger partial charge in [0.05, 0.1) is 11.8 Å². The lowest BCUT2D eigenvalue weighted by Crippen LogP contribution is -2.57. The van der Waals surface area contributed by atoms with Crippen LogP contribution >= 0.6 is 11.3 Å². The summed E-state index contributed by atoms with van der Waals surface area (Å²) in [6, 6.07) is 19.2. The maximum Gasteiger partial charge on any atom is 0.243 e. The van der Waals surface area contributed by atoms with E-state index < -0.39 is 51.6 Å². The van der Waals surface area contributed by atoms with Crippen molar-refractivity contribution in [3.63, 3.8) is 0 Å². The molecular weight excluding hydrogens is 670 g/mol. The standard InChI is InChI=1S/C34H38FN7O5S2/c35-26-15-8-7-14-25(26)21-28(31(44)40-27(16-9-17-39-34(36)37)30(43)33-38-18-19-48-33)41-32(45)29(20-23-10-3-1-4-11-23)42-49(46,47)22-24-12-5-2-6-13-24/h1-8,10-15,18-19,27-29,42H,9,16-17,20-22H2,(H,40,44)(H,41,45)(H4,36,37,39). The summed E-state index contributed by atoms with van der Waals surface area (Å²) in [6.45, 7) is 0.194. The van der Waals surface area contributed by atoms with Crippen molar-refractivity contribution in [3.05, 3.63) is 124 Å². The summed E-state index contributed by atoms with van der Waals surface area (Å²) in [6.07, 6.45) is 1.60. The fourth-order valence-corrected chi connectivity index (χ4v) is 6.96. The molecule has 258 valence electrons. The number of carbonyl (C=O) groups is 3. The number of sulfonamides is 1. The predicted octanol–water partition coefficient (Wildman–Crippen LogP) is 2.46. The molecular formula is C34H38FN7O5S2. The average Bonchev–Trinajstić information content (AvgIpc) is 3.62. The summed E-state index contributed by atoms with van der Waals surface area (Å²) in [4.78, 5) is 49.2. The van der Waals surface area contributed by atoms with Crippen molar-refractivity contribution in [1.82, 2.24) is 20.3 Å². The van der Waals surface area contributed by atoms with E-state index in [4.69, 9.17) is 11.5 Å². The highest BCUT2D eigenvalue weighted by atomic mass is 32.2. The number of nitrogens with one attached hydrogen (secondary N) is 3. The number of rotatable bonds is 18. The zero-order valence-corrected chi connectivity index (χ0v) is 28.1. The largest absolute Gasteiger partial charge is 0.370 e. The number of hydrogen-bond acceptors (Lipinski definition) is 8. The van der Waals surface area contributed by atoms with E-state index in [0.717, 1.165) is 11.3 Å². The second-order valence-electron chi connectivity index (χ2n) is 11.2. The van der Waals surface area contributed by atoms with Crippen LogP contribution in [0.5, 0.6) is 0 Å². The highest BCUT2D eigenvalue weighted by Gasteiger charge is 2.32. The molecule has 0 bridgehead atoms. The van der Waals surface area contributed by atoms with E-state index in [1.165, 1.54) is 24.4 Å². The minimum absolute atomic E-state index is 0.0370. The van der Waals surface area contributed by atoms with Gasteiger partial charge in [-0.15, -0.1) is 11.3 Å². The molecule has 15 heteroatoms. The normalized spacial score (nSPS) is 13.1. The van der Waals surface area contributed by atoms with Crippen molar-refractivity contribution < 1.29 is 27.2 Å². The molecule has 0 saturated carbocycles. The van der Waals surface area contributed by atoms with E-state index in [-0.39, 0.29) is 48.1 Å². The van der Waals surface area contributed by atoms with Gasteiger partial charge >= 0.3 is 0 Å². The molecule has 0 saturated heterocycles. The first-order valence-electron chi connectivity index (χ1n) is 15.4. The first-order chi connectivity index (χ1) is 23.5.